The first-order valence-electron chi connectivity index (χ1n) is 6.69. The number of thiazole rings is 1. The molecule has 0 amide bonds. The zero-order chi connectivity index (χ0) is 15.2. The molecule has 1 aromatic carbocycles. The van der Waals surface area contributed by atoms with Crippen LogP contribution in [0.15, 0.2) is 18.3 Å². The van der Waals surface area contributed by atoms with Crippen molar-refractivity contribution >= 4 is 11.3 Å². The first kappa shape index (κ1) is 15.6. The van der Waals surface area contributed by atoms with Crippen molar-refractivity contribution in [3.63, 3.8) is 0 Å². The molecule has 0 atom stereocenters. The molecule has 0 saturated heterocycles. The predicted octanol–water partition coefficient (Wildman–Crippen LogP) is 2.95. The highest BCUT2D eigenvalue weighted by Crippen LogP contribution is 2.43. The summed E-state index contributed by atoms with van der Waals surface area (Å²) in [6.45, 7) is 3.83. The van der Waals surface area contributed by atoms with E-state index < -0.39 is 0 Å². The minimum Gasteiger partial charge on any atom is -0.496 e. The monoisotopic (exact) mass is 308 g/mol. The largest absolute Gasteiger partial charge is 0.496 e. The van der Waals surface area contributed by atoms with E-state index in [2.05, 4.69) is 17.2 Å². The van der Waals surface area contributed by atoms with Gasteiger partial charge in [0, 0.05) is 29.8 Å². The number of hydrogen-bond donors (Lipinski definition) is 1. The molecular weight excluding hydrogens is 288 g/mol. The maximum absolute atomic E-state index is 5.47. The van der Waals surface area contributed by atoms with E-state index >= 15 is 0 Å². The molecule has 1 heterocycles. The predicted molar refractivity (Wildman–Crippen MR) is 84.6 cm³/mol. The van der Waals surface area contributed by atoms with Crippen molar-refractivity contribution in [2.45, 2.75) is 13.5 Å². The van der Waals surface area contributed by atoms with E-state index in [1.54, 1.807) is 32.7 Å². The molecule has 2 aromatic rings. The Hall–Kier alpha value is -1.79. The average molecular weight is 308 g/mol. The summed E-state index contributed by atoms with van der Waals surface area (Å²) in [5.41, 5.74) is 0.855. The number of nitrogens with zero attached hydrogens (tertiary/aromatic N) is 1. The fourth-order valence-electron chi connectivity index (χ4n) is 1.97. The molecule has 0 unspecified atom stereocenters. The molecule has 0 aliphatic carbocycles. The van der Waals surface area contributed by atoms with Crippen LogP contribution in [0.5, 0.6) is 17.2 Å². The zero-order valence-electron chi connectivity index (χ0n) is 12.7. The van der Waals surface area contributed by atoms with Crippen molar-refractivity contribution in [3.05, 3.63) is 23.2 Å². The standard InChI is InChI=1S/C15H20N2O3S/c1-5-16-8-11-9-17-15(21-11)14-12(19-3)6-10(18-2)7-13(14)20-4/h6-7,9,16H,5,8H2,1-4H3. The lowest BCUT2D eigenvalue weighted by Crippen LogP contribution is -2.10. The first-order valence-corrected chi connectivity index (χ1v) is 7.50. The van der Waals surface area contributed by atoms with E-state index in [1.807, 2.05) is 18.3 Å². The van der Waals surface area contributed by atoms with Crippen molar-refractivity contribution in [1.29, 1.82) is 0 Å². The van der Waals surface area contributed by atoms with E-state index in [0.29, 0.717) is 17.2 Å². The quantitative estimate of drug-likeness (QED) is 0.852. The van der Waals surface area contributed by atoms with Gasteiger partial charge in [-0.15, -0.1) is 11.3 Å². The third-order valence-electron chi connectivity index (χ3n) is 3.03. The van der Waals surface area contributed by atoms with Gasteiger partial charge in [0.1, 0.15) is 22.3 Å². The molecule has 0 saturated carbocycles. The average Bonchev–Trinajstić information content (AvgIpc) is 2.99. The number of ether oxygens (including phenoxy) is 3. The van der Waals surface area contributed by atoms with Gasteiger partial charge in [0.05, 0.1) is 26.9 Å². The maximum atomic E-state index is 5.47. The summed E-state index contributed by atoms with van der Waals surface area (Å²) in [5.74, 6) is 2.07. The van der Waals surface area contributed by atoms with Crippen LogP contribution in [0.25, 0.3) is 10.6 Å². The lowest BCUT2D eigenvalue weighted by Gasteiger charge is -2.13. The second-order valence-corrected chi connectivity index (χ2v) is 5.43. The van der Waals surface area contributed by atoms with Crippen LogP contribution in [-0.2, 0) is 6.54 Å². The Balaban J connectivity index is 2.43. The number of hydrogen-bond acceptors (Lipinski definition) is 6. The summed E-state index contributed by atoms with van der Waals surface area (Å²) in [6.07, 6.45) is 1.88. The summed E-state index contributed by atoms with van der Waals surface area (Å²) in [6, 6.07) is 3.67. The Morgan fingerprint density at radius 1 is 1.10 bits per heavy atom. The fourth-order valence-corrected chi connectivity index (χ4v) is 2.91. The van der Waals surface area contributed by atoms with Crippen molar-refractivity contribution < 1.29 is 14.2 Å². The zero-order valence-corrected chi connectivity index (χ0v) is 13.5. The molecule has 0 fully saturated rings. The topological polar surface area (TPSA) is 52.6 Å². The molecule has 21 heavy (non-hydrogen) atoms. The summed E-state index contributed by atoms with van der Waals surface area (Å²) in [7, 11) is 4.88. The van der Waals surface area contributed by atoms with Crippen molar-refractivity contribution in [3.8, 4) is 27.8 Å². The summed E-state index contributed by atoms with van der Waals surface area (Å²) >= 11 is 1.62. The van der Waals surface area contributed by atoms with Crippen LogP contribution in [0.3, 0.4) is 0 Å². The van der Waals surface area contributed by atoms with Crippen LogP contribution in [0, 0.1) is 0 Å². The van der Waals surface area contributed by atoms with Crippen LogP contribution < -0.4 is 19.5 Å². The molecule has 6 heteroatoms. The van der Waals surface area contributed by atoms with Gasteiger partial charge in [0.2, 0.25) is 0 Å². The number of aromatic nitrogens is 1. The number of methoxy groups -OCH3 is 3. The van der Waals surface area contributed by atoms with Crippen LogP contribution >= 0.6 is 11.3 Å². The molecule has 1 N–H and O–H groups in total. The second-order valence-electron chi connectivity index (χ2n) is 4.32. The van der Waals surface area contributed by atoms with E-state index in [9.17, 15) is 0 Å². The van der Waals surface area contributed by atoms with Crippen LogP contribution in [0.1, 0.15) is 11.8 Å². The van der Waals surface area contributed by atoms with E-state index in [1.165, 1.54) is 4.88 Å². The molecule has 5 nitrogen and oxygen atoms in total. The van der Waals surface area contributed by atoms with Gasteiger partial charge in [-0.2, -0.15) is 0 Å². The van der Waals surface area contributed by atoms with Gasteiger partial charge < -0.3 is 19.5 Å². The van der Waals surface area contributed by atoms with Crippen LogP contribution in [0.4, 0.5) is 0 Å². The molecule has 0 aliphatic rings. The van der Waals surface area contributed by atoms with Gasteiger partial charge in [0.15, 0.2) is 0 Å². The Kier molecular flexibility index (Phi) is 5.41. The van der Waals surface area contributed by atoms with Gasteiger partial charge in [-0.25, -0.2) is 4.98 Å². The first-order chi connectivity index (χ1) is 10.2. The highest BCUT2D eigenvalue weighted by Gasteiger charge is 2.18. The van der Waals surface area contributed by atoms with E-state index in [4.69, 9.17) is 14.2 Å². The van der Waals surface area contributed by atoms with Crippen molar-refractivity contribution in [1.82, 2.24) is 10.3 Å². The Bertz CT molecular complexity index is 573. The number of benzene rings is 1. The van der Waals surface area contributed by atoms with Gasteiger partial charge in [0.25, 0.3) is 0 Å². The highest BCUT2D eigenvalue weighted by molar-refractivity contribution is 7.15. The summed E-state index contributed by atoms with van der Waals surface area (Å²) < 4.78 is 16.2. The smallest absolute Gasteiger partial charge is 0.136 e. The highest BCUT2D eigenvalue weighted by atomic mass is 32.1. The molecule has 0 spiro atoms. The molecular formula is C15H20N2O3S. The minimum absolute atomic E-state index is 0.690. The van der Waals surface area contributed by atoms with Gasteiger partial charge >= 0.3 is 0 Å². The minimum atomic E-state index is 0.690. The summed E-state index contributed by atoms with van der Waals surface area (Å²) in [5, 5.41) is 4.17. The Morgan fingerprint density at radius 3 is 2.29 bits per heavy atom. The van der Waals surface area contributed by atoms with Crippen LogP contribution in [-0.4, -0.2) is 32.9 Å². The SMILES string of the molecule is CCNCc1cnc(-c2c(OC)cc(OC)cc2OC)s1. The number of nitrogens with one attached hydrogen (secondary N) is 1. The molecule has 114 valence electrons. The Morgan fingerprint density at radius 2 is 1.76 bits per heavy atom. The molecule has 1 aromatic heterocycles. The molecule has 2 rings (SSSR count). The van der Waals surface area contributed by atoms with Crippen molar-refractivity contribution in [2.75, 3.05) is 27.9 Å². The van der Waals surface area contributed by atoms with Gasteiger partial charge in [-0.1, -0.05) is 6.92 Å². The molecule has 0 aliphatic heterocycles. The molecule has 0 bridgehead atoms. The summed E-state index contributed by atoms with van der Waals surface area (Å²) in [4.78, 5) is 5.66. The third-order valence-corrected chi connectivity index (χ3v) is 4.05. The third kappa shape index (κ3) is 3.46. The fraction of sp³-hybridized carbons (Fsp3) is 0.400. The normalized spacial score (nSPS) is 10.5. The number of rotatable bonds is 7. The van der Waals surface area contributed by atoms with Gasteiger partial charge in [-0.3, -0.25) is 0 Å². The second kappa shape index (κ2) is 7.28. The molecule has 0 radical (unpaired) electrons. The lowest BCUT2D eigenvalue weighted by atomic mass is 10.1. The maximum Gasteiger partial charge on any atom is 0.136 e. The van der Waals surface area contributed by atoms with Crippen LogP contribution in [0.2, 0.25) is 0 Å². The van der Waals surface area contributed by atoms with E-state index in [-0.39, 0.29) is 0 Å². The van der Waals surface area contributed by atoms with E-state index in [0.717, 1.165) is 23.7 Å². The van der Waals surface area contributed by atoms with Crippen molar-refractivity contribution in [2.24, 2.45) is 0 Å². The van der Waals surface area contributed by atoms with Gasteiger partial charge in [-0.05, 0) is 6.54 Å². The Labute approximate surface area is 128 Å². The lowest BCUT2D eigenvalue weighted by molar-refractivity contribution is 0.377.